The van der Waals surface area contributed by atoms with Crippen molar-refractivity contribution in [3.63, 3.8) is 0 Å². The number of rotatable bonds is 6. The average Bonchev–Trinajstić information content (AvgIpc) is 4.02. The van der Waals surface area contributed by atoms with Crippen molar-refractivity contribution in [2.45, 2.75) is 0 Å². The van der Waals surface area contributed by atoms with E-state index in [-0.39, 0.29) is 0 Å². The van der Waals surface area contributed by atoms with Crippen LogP contribution in [0.15, 0.2) is 205 Å². The molecule has 0 bridgehead atoms. The highest BCUT2D eigenvalue weighted by molar-refractivity contribution is 6.28. The van der Waals surface area contributed by atoms with Crippen molar-refractivity contribution in [3.05, 3.63) is 200 Å². The fourth-order valence-electron chi connectivity index (χ4n) is 9.24. The molecule has 294 valence electrons. The summed E-state index contributed by atoms with van der Waals surface area (Å²) in [5, 5.41) is 6.73. The fraction of sp³-hybridized carbons (Fsp3) is 0. The van der Waals surface area contributed by atoms with Crippen LogP contribution < -0.4 is 0 Å². The first kappa shape index (κ1) is 35.0. The zero-order valence-electron chi connectivity index (χ0n) is 33.6. The monoisotopic (exact) mass is 807 g/mol. The molecule has 0 aliphatic carbocycles. The van der Waals surface area contributed by atoms with Crippen LogP contribution in [0.4, 0.5) is 0 Å². The molecule has 0 N–H and O–H groups in total. The molecule has 0 fully saturated rings. The molecule has 5 aromatic heterocycles. The average molecular weight is 808 g/mol. The van der Waals surface area contributed by atoms with Crippen molar-refractivity contribution in [1.29, 1.82) is 0 Å². The van der Waals surface area contributed by atoms with Gasteiger partial charge in [0.25, 0.3) is 0 Å². The van der Waals surface area contributed by atoms with Crippen LogP contribution in [0.25, 0.3) is 123 Å². The van der Waals surface area contributed by atoms with Crippen LogP contribution in [-0.2, 0) is 0 Å². The van der Waals surface area contributed by atoms with Crippen LogP contribution in [-0.4, -0.2) is 34.1 Å². The van der Waals surface area contributed by atoms with Crippen LogP contribution in [0.5, 0.6) is 0 Å². The predicted molar refractivity (Wildman–Crippen MR) is 253 cm³/mol. The second-order valence-electron chi connectivity index (χ2n) is 15.7. The van der Waals surface area contributed by atoms with Gasteiger partial charge in [-0.2, -0.15) is 0 Å². The molecule has 8 nitrogen and oxygen atoms in total. The second kappa shape index (κ2) is 13.9. The maximum atomic E-state index is 6.14. The van der Waals surface area contributed by atoms with E-state index in [9.17, 15) is 0 Å². The first-order chi connectivity index (χ1) is 31.2. The summed E-state index contributed by atoms with van der Waals surface area (Å²) in [6.45, 7) is 0. The highest BCUT2D eigenvalue weighted by Crippen LogP contribution is 2.42. The molecule has 0 spiro atoms. The van der Waals surface area contributed by atoms with Gasteiger partial charge in [-0.1, -0.05) is 127 Å². The van der Waals surface area contributed by atoms with Gasteiger partial charge in [0.15, 0.2) is 17.5 Å². The number of aromatic nitrogens is 7. The summed E-state index contributed by atoms with van der Waals surface area (Å²) in [4.78, 5) is 25.2. The Labute approximate surface area is 360 Å². The van der Waals surface area contributed by atoms with Gasteiger partial charge < -0.3 is 8.98 Å². The lowest BCUT2D eigenvalue weighted by atomic mass is 10.1. The summed E-state index contributed by atoms with van der Waals surface area (Å²) < 4.78 is 10.7. The number of fused-ring (bicyclic) bond motifs is 10. The van der Waals surface area contributed by atoms with E-state index in [0.29, 0.717) is 23.4 Å². The molecular weight excluding hydrogens is 775 g/mol. The lowest BCUT2D eigenvalue weighted by Gasteiger charge is -2.12. The summed E-state index contributed by atoms with van der Waals surface area (Å²) in [6, 6.07) is 66.7. The van der Waals surface area contributed by atoms with E-state index < -0.39 is 0 Å². The molecule has 5 heterocycles. The number of hydrogen-bond donors (Lipinski definition) is 0. The van der Waals surface area contributed by atoms with Gasteiger partial charge in [0.1, 0.15) is 11.2 Å². The minimum absolute atomic E-state index is 0.605. The smallest absolute Gasteiger partial charge is 0.235 e. The van der Waals surface area contributed by atoms with E-state index in [2.05, 4.69) is 112 Å². The first-order valence-corrected chi connectivity index (χ1v) is 20.9. The van der Waals surface area contributed by atoms with Crippen LogP contribution in [0.1, 0.15) is 0 Å². The van der Waals surface area contributed by atoms with Crippen LogP contribution in [0.3, 0.4) is 0 Å². The van der Waals surface area contributed by atoms with Crippen molar-refractivity contribution < 1.29 is 4.42 Å². The van der Waals surface area contributed by atoms with Crippen LogP contribution in [0, 0.1) is 0 Å². The SMILES string of the molecule is c1ccc(-c2nc(-c3ccccc3)nc(-c3cccc(-n4c5ccccc5c5c6c7ccccc7n(-c7nccc(-c8ccc9oc%10ccccc%10c9c8)n7)c6ccc54)c3)n2)cc1. The Hall–Kier alpha value is -8.75. The van der Waals surface area contributed by atoms with Gasteiger partial charge in [0, 0.05) is 66.5 Å². The summed E-state index contributed by atoms with van der Waals surface area (Å²) in [5.74, 6) is 2.47. The molecule has 63 heavy (non-hydrogen) atoms. The maximum Gasteiger partial charge on any atom is 0.235 e. The summed E-state index contributed by atoms with van der Waals surface area (Å²) >= 11 is 0. The zero-order valence-corrected chi connectivity index (χ0v) is 33.6. The molecule has 0 saturated carbocycles. The standard InChI is InChI=1S/C55H33N7O/c1-3-14-34(15-4-1)52-58-53(35-16-5-2-6-17-35)60-54(59-52)37-18-13-19-38(32-37)61-44-23-10-7-21-40(44)50-46(61)27-28-47-51(50)41-22-8-11-24-45(41)62(47)55-56-31-30-43(57-55)36-26-29-49-42(33-36)39-20-9-12-25-48(39)63-49/h1-33H. The Morgan fingerprint density at radius 3 is 1.60 bits per heavy atom. The number of furan rings is 1. The van der Waals surface area contributed by atoms with Crippen molar-refractivity contribution in [3.8, 4) is 57.1 Å². The highest BCUT2D eigenvalue weighted by atomic mass is 16.3. The number of para-hydroxylation sites is 3. The largest absolute Gasteiger partial charge is 0.456 e. The molecule has 0 radical (unpaired) electrons. The van der Waals surface area contributed by atoms with E-state index in [1.165, 1.54) is 0 Å². The van der Waals surface area contributed by atoms with Crippen molar-refractivity contribution >= 4 is 65.6 Å². The molecule has 0 unspecified atom stereocenters. The van der Waals surface area contributed by atoms with Crippen molar-refractivity contribution in [2.24, 2.45) is 0 Å². The van der Waals surface area contributed by atoms with Gasteiger partial charge in [-0.05, 0) is 66.7 Å². The minimum Gasteiger partial charge on any atom is -0.456 e. The molecule has 0 amide bonds. The van der Waals surface area contributed by atoms with Gasteiger partial charge in [0.05, 0.1) is 27.8 Å². The molecule has 13 rings (SSSR count). The number of hydrogen-bond acceptors (Lipinski definition) is 6. The topological polar surface area (TPSA) is 87.5 Å². The number of benzene rings is 8. The predicted octanol–water partition coefficient (Wildman–Crippen LogP) is 13.4. The van der Waals surface area contributed by atoms with Gasteiger partial charge in [-0.3, -0.25) is 4.57 Å². The molecule has 0 aliphatic heterocycles. The first-order valence-electron chi connectivity index (χ1n) is 20.9. The highest BCUT2D eigenvalue weighted by Gasteiger charge is 2.22. The number of nitrogens with zero attached hydrogens (tertiary/aromatic N) is 7. The van der Waals surface area contributed by atoms with E-state index in [0.717, 1.165) is 99.2 Å². The third kappa shape index (κ3) is 5.58. The van der Waals surface area contributed by atoms with Crippen LogP contribution in [0.2, 0.25) is 0 Å². The molecule has 0 aliphatic rings. The molecule has 8 aromatic carbocycles. The van der Waals surface area contributed by atoms with Crippen molar-refractivity contribution in [2.75, 3.05) is 0 Å². The van der Waals surface area contributed by atoms with Gasteiger partial charge in [-0.15, -0.1) is 0 Å². The van der Waals surface area contributed by atoms with Crippen molar-refractivity contribution in [1.82, 2.24) is 34.1 Å². The molecule has 8 heteroatoms. The Balaban J connectivity index is 0.990. The molecular formula is C55H33N7O. The molecule has 0 atom stereocenters. The Bertz CT molecular complexity index is 3870. The Kier molecular flexibility index (Phi) is 7.74. The Morgan fingerprint density at radius 1 is 0.349 bits per heavy atom. The quantitative estimate of drug-likeness (QED) is 0.166. The normalized spacial score (nSPS) is 11.8. The fourth-order valence-corrected chi connectivity index (χ4v) is 9.24. The zero-order chi connectivity index (χ0) is 41.4. The third-order valence-electron chi connectivity index (χ3n) is 12.0. The second-order valence-corrected chi connectivity index (χ2v) is 15.7. The van der Waals surface area contributed by atoms with Crippen LogP contribution >= 0.6 is 0 Å². The van der Waals surface area contributed by atoms with Gasteiger partial charge in [0.2, 0.25) is 5.95 Å². The summed E-state index contributed by atoms with van der Waals surface area (Å²) in [6.07, 6.45) is 1.85. The summed E-state index contributed by atoms with van der Waals surface area (Å²) in [7, 11) is 0. The van der Waals surface area contributed by atoms with E-state index >= 15 is 0 Å². The lowest BCUT2D eigenvalue weighted by Crippen LogP contribution is -2.02. The van der Waals surface area contributed by atoms with Gasteiger partial charge in [-0.25, -0.2) is 24.9 Å². The van der Waals surface area contributed by atoms with Gasteiger partial charge >= 0.3 is 0 Å². The van der Waals surface area contributed by atoms with E-state index in [1.54, 1.807) is 0 Å². The summed E-state index contributed by atoms with van der Waals surface area (Å²) in [5.41, 5.74) is 11.6. The minimum atomic E-state index is 0.605. The molecule has 13 aromatic rings. The van der Waals surface area contributed by atoms with E-state index in [1.807, 2.05) is 97.2 Å². The Morgan fingerprint density at radius 2 is 0.905 bits per heavy atom. The lowest BCUT2D eigenvalue weighted by molar-refractivity contribution is 0.669. The van der Waals surface area contributed by atoms with E-state index in [4.69, 9.17) is 29.3 Å². The third-order valence-corrected chi connectivity index (χ3v) is 12.0. The maximum absolute atomic E-state index is 6.14. The molecule has 0 saturated heterocycles.